The fourth-order valence-electron chi connectivity index (χ4n) is 2.08. The molecular formula is C15H8Cl3NO. The lowest BCUT2D eigenvalue weighted by molar-refractivity contribution is -0.110. The molecule has 2 aromatic carbocycles. The molecule has 0 aromatic heterocycles. The second-order valence-corrected chi connectivity index (χ2v) is 5.65. The number of carbonyl (C=O) groups is 1. The molecule has 1 N–H and O–H groups in total. The molecule has 20 heavy (non-hydrogen) atoms. The summed E-state index contributed by atoms with van der Waals surface area (Å²) in [6, 6.07) is 10.4. The normalized spacial score (nSPS) is 15.3. The molecule has 0 saturated heterocycles. The van der Waals surface area contributed by atoms with Gasteiger partial charge >= 0.3 is 0 Å². The second kappa shape index (κ2) is 5.13. The molecule has 1 aliphatic heterocycles. The van der Waals surface area contributed by atoms with E-state index in [-0.39, 0.29) is 5.91 Å². The summed E-state index contributed by atoms with van der Waals surface area (Å²) in [4.78, 5) is 12.0. The van der Waals surface area contributed by atoms with E-state index in [2.05, 4.69) is 5.32 Å². The molecule has 0 aliphatic carbocycles. The number of anilines is 1. The predicted octanol–water partition coefficient (Wildman–Crippen LogP) is 5.14. The molecule has 0 unspecified atom stereocenters. The first-order valence-corrected chi connectivity index (χ1v) is 6.96. The minimum atomic E-state index is -0.173. The van der Waals surface area contributed by atoms with Crippen LogP contribution in [0, 0.1) is 0 Å². The van der Waals surface area contributed by atoms with Crippen molar-refractivity contribution in [2.24, 2.45) is 0 Å². The van der Waals surface area contributed by atoms with Gasteiger partial charge in [0, 0.05) is 26.2 Å². The van der Waals surface area contributed by atoms with E-state index in [0.717, 1.165) is 11.1 Å². The van der Waals surface area contributed by atoms with Gasteiger partial charge in [0.1, 0.15) is 0 Å². The molecule has 2 aromatic rings. The molecule has 1 heterocycles. The van der Waals surface area contributed by atoms with Crippen LogP contribution in [0.5, 0.6) is 0 Å². The van der Waals surface area contributed by atoms with Gasteiger partial charge in [0.2, 0.25) is 0 Å². The van der Waals surface area contributed by atoms with Gasteiger partial charge in [0.05, 0.1) is 5.69 Å². The number of rotatable bonds is 1. The van der Waals surface area contributed by atoms with E-state index in [9.17, 15) is 4.79 Å². The summed E-state index contributed by atoms with van der Waals surface area (Å²) in [5, 5.41) is 4.41. The molecule has 2 nitrogen and oxygen atoms in total. The number of nitrogens with one attached hydrogen (secondary N) is 1. The van der Waals surface area contributed by atoms with Crippen molar-refractivity contribution in [3.05, 3.63) is 62.6 Å². The maximum Gasteiger partial charge on any atom is 0.256 e. The summed E-state index contributed by atoms with van der Waals surface area (Å²) >= 11 is 17.9. The fraction of sp³-hybridized carbons (Fsp3) is 0. The number of halogens is 3. The molecule has 0 fully saturated rings. The van der Waals surface area contributed by atoms with Crippen molar-refractivity contribution in [3.8, 4) is 0 Å². The van der Waals surface area contributed by atoms with Crippen LogP contribution >= 0.6 is 34.8 Å². The first-order chi connectivity index (χ1) is 9.54. The van der Waals surface area contributed by atoms with Crippen LogP contribution in [-0.4, -0.2) is 5.91 Å². The van der Waals surface area contributed by atoms with Gasteiger partial charge in [-0.15, -0.1) is 0 Å². The zero-order valence-corrected chi connectivity index (χ0v) is 12.4. The van der Waals surface area contributed by atoms with E-state index in [1.54, 1.807) is 36.4 Å². The van der Waals surface area contributed by atoms with Crippen LogP contribution in [0.4, 0.5) is 5.69 Å². The molecule has 3 rings (SSSR count). The molecule has 0 atom stereocenters. The average molecular weight is 325 g/mol. The van der Waals surface area contributed by atoms with E-state index >= 15 is 0 Å². The molecule has 0 radical (unpaired) electrons. The summed E-state index contributed by atoms with van der Waals surface area (Å²) in [6.45, 7) is 0. The van der Waals surface area contributed by atoms with Crippen LogP contribution < -0.4 is 5.32 Å². The summed E-state index contributed by atoms with van der Waals surface area (Å²) < 4.78 is 0. The van der Waals surface area contributed by atoms with Gasteiger partial charge in [-0.05, 0) is 35.9 Å². The van der Waals surface area contributed by atoms with Crippen LogP contribution in [0.25, 0.3) is 11.6 Å². The summed E-state index contributed by atoms with van der Waals surface area (Å²) in [7, 11) is 0. The second-order valence-electron chi connectivity index (χ2n) is 4.37. The third-order valence-corrected chi connectivity index (χ3v) is 3.82. The van der Waals surface area contributed by atoms with Crippen molar-refractivity contribution in [2.45, 2.75) is 0 Å². The molecule has 1 amide bonds. The van der Waals surface area contributed by atoms with Crippen molar-refractivity contribution < 1.29 is 4.79 Å². The summed E-state index contributed by atoms with van der Waals surface area (Å²) in [6.07, 6.45) is 1.74. The number of carbonyl (C=O) groups excluding carboxylic acids is 1. The predicted molar refractivity (Wildman–Crippen MR) is 84.4 cm³/mol. The van der Waals surface area contributed by atoms with Crippen LogP contribution in [0.2, 0.25) is 15.1 Å². The van der Waals surface area contributed by atoms with Gasteiger partial charge in [0.25, 0.3) is 5.91 Å². The SMILES string of the molecule is O=C1Nc2cc(Cl)ccc2/C1=C\c1ccc(Cl)cc1Cl. The molecule has 0 spiro atoms. The monoisotopic (exact) mass is 323 g/mol. The lowest BCUT2D eigenvalue weighted by Crippen LogP contribution is -2.03. The van der Waals surface area contributed by atoms with Crippen molar-refractivity contribution in [3.63, 3.8) is 0 Å². The van der Waals surface area contributed by atoms with Crippen LogP contribution in [-0.2, 0) is 4.79 Å². The van der Waals surface area contributed by atoms with Gasteiger partial charge in [-0.25, -0.2) is 0 Å². The van der Waals surface area contributed by atoms with E-state index in [1.165, 1.54) is 0 Å². The number of amides is 1. The zero-order valence-electron chi connectivity index (χ0n) is 10.1. The Labute approximate surface area is 131 Å². The minimum Gasteiger partial charge on any atom is -0.321 e. The van der Waals surface area contributed by atoms with Gasteiger partial charge in [-0.1, -0.05) is 46.9 Å². The third kappa shape index (κ3) is 2.42. The Morgan fingerprint density at radius 3 is 2.40 bits per heavy atom. The summed E-state index contributed by atoms with van der Waals surface area (Å²) in [5.41, 5.74) is 2.81. The van der Waals surface area contributed by atoms with Gasteiger partial charge in [-0.3, -0.25) is 4.79 Å². The Morgan fingerprint density at radius 1 is 0.950 bits per heavy atom. The highest BCUT2D eigenvalue weighted by Gasteiger charge is 2.24. The Morgan fingerprint density at radius 2 is 1.65 bits per heavy atom. The van der Waals surface area contributed by atoms with Crippen molar-refractivity contribution >= 4 is 58.0 Å². The van der Waals surface area contributed by atoms with Crippen molar-refractivity contribution in [1.29, 1.82) is 0 Å². The Balaban J connectivity index is 2.11. The van der Waals surface area contributed by atoms with Gasteiger partial charge < -0.3 is 5.32 Å². The quantitative estimate of drug-likeness (QED) is 0.723. The zero-order chi connectivity index (χ0) is 14.3. The average Bonchev–Trinajstić information content (AvgIpc) is 2.68. The van der Waals surface area contributed by atoms with E-state index in [1.807, 2.05) is 6.07 Å². The maximum absolute atomic E-state index is 12.0. The van der Waals surface area contributed by atoms with Crippen LogP contribution in [0.3, 0.4) is 0 Å². The first kappa shape index (κ1) is 13.5. The smallest absolute Gasteiger partial charge is 0.256 e. The van der Waals surface area contributed by atoms with E-state index in [0.29, 0.717) is 26.3 Å². The Hall–Kier alpha value is -1.48. The molecule has 100 valence electrons. The maximum atomic E-state index is 12.0. The molecular weight excluding hydrogens is 317 g/mol. The molecule has 1 aliphatic rings. The van der Waals surface area contributed by atoms with E-state index < -0.39 is 0 Å². The standard InChI is InChI=1S/C15H8Cl3NO/c16-9-2-1-8(13(18)6-9)5-12-11-4-3-10(17)7-14(11)19-15(12)20/h1-7H,(H,19,20)/b12-5+. The van der Waals surface area contributed by atoms with Crippen molar-refractivity contribution in [1.82, 2.24) is 0 Å². The lowest BCUT2D eigenvalue weighted by Gasteiger charge is -2.02. The highest BCUT2D eigenvalue weighted by Crippen LogP contribution is 2.36. The first-order valence-electron chi connectivity index (χ1n) is 5.82. The van der Waals surface area contributed by atoms with Gasteiger partial charge in [0.15, 0.2) is 0 Å². The van der Waals surface area contributed by atoms with Crippen LogP contribution in [0.15, 0.2) is 36.4 Å². The van der Waals surface area contributed by atoms with Crippen LogP contribution in [0.1, 0.15) is 11.1 Å². The highest BCUT2D eigenvalue weighted by molar-refractivity contribution is 6.38. The molecule has 5 heteroatoms. The largest absolute Gasteiger partial charge is 0.321 e. The Bertz CT molecular complexity index is 753. The minimum absolute atomic E-state index is 0.173. The molecule has 0 saturated carbocycles. The Kier molecular flexibility index (Phi) is 3.47. The number of benzene rings is 2. The third-order valence-electron chi connectivity index (χ3n) is 3.03. The molecule has 0 bridgehead atoms. The van der Waals surface area contributed by atoms with E-state index in [4.69, 9.17) is 34.8 Å². The number of fused-ring (bicyclic) bond motifs is 1. The van der Waals surface area contributed by atoms with Gasteiger partial charge in [-0.2, -0.15) is 0 Å². The highest BCUT2D eigenvalue weighted by atomic mass is 35.5. The topological polar surface area (TPSA) is 29.1 Å². The summed E-state index contributed by atoms with van der Waals surface area (Å²) in [5.74, 6) is -0.173. The number of hydrogen-bond donors (Lipinski definition) is 1. The van der Waals surface area contributed by atoms with Crippen molar-refractivity contribution in [2.75, 3.05) is 5.32 Å². The number of hydrogen-bond acceptors (Lipinski definition) is 1. The lowest BCUT2D eigenvalue weighted by atomic mass is 10.0. The fourth-order valence-corrected chi connectivity index (χ4v) is 2.72.